The molecule has 0 spiro atoms. The Labute approximate surface area is 389 Å². The van der Waals surface area contributed by atoms with Crippen LogP contribution in [-0.4, -0.2) is 96.0 Å². The second kappa shape index (κ2) is 41.3. The van der Waals surface area contributed by atoms with Gasteiger partial charge in [-0.3, -0.25) is 14.1 Å². The maximum atomic E-state index is 12.9. The Hall–Kier alpha value is -1.87. The van der Waals surface area contributed by atoms with Gasteiger partial charge in [-0.1, -0.05) is 199 Å². The van der Waals surface area contributed by atoms with E-state index in [1.165, 1.54) is 135 Å². The van der Waals surface area contributed by atoms with Gasteiger partial charge in [-0.25, -0.2) is 0 Å². The fourth-order valence-corrected chi connectivity index (χ4v) is 8.69. The molecule has 1 rings (SSSR count). The number of aliphatic hydroxyl groups is 3. The summed E-state index contributed by atoms with van der Waals surface area (Å²) in [5.41, 5.74) is 0. The predicted octanol–water partition coefficient (Wildman–Crippen LogP) is 11.6. The third-order valence-corrected chi connectivity index (χ3v) is 12.8. The van der Waals surface area contributed by atoms with Gasteiger partial charge in [0.25, 0.3) is 10.1 Å². The lowest BCUT2D eigenvalue weighted by Crippen LogP contribution is -2.60. The number of carbonyl (C=O) groups is 2. The highest BCUT2D eigenvalue weighted by Gasteiger charge is 2.46. The fourth-order valence-electron chi connectivity index (χ4n) is 8.00. The first-order valence-corrected chi connectivity index (χ1v) is 27.5. The van der Waals surface area contributed by atoms with Crippen molar-refractivity contribution in [3.8, 4) is 0 Å². The first-order valence-electron chi connectivity index (χ1n) is 25.9. The maximum absolute atomic E-state index is 12.9. The molecular formula is C51H94O12S. The van der Waals surface area contributed by atoms with Crippen LogP contribution in [0.25, 0.3) is 0 Å². The van der Waals surface area contributed by atoms with E-state index >= 15 is 0 Å². The van der Waals surface area contributed by atoms with Crippen molar-refractivity contribution in [1.82, 2.24) is 0 Å². The standard InChI is InChI=1S/C51H94O12S/c1-3-5-7-9-11-13-15-17-19-21-23-25-27-29-31-33-35-37-39-46(52)60-41-44(42-61-51-50(56)49(55)48(54)45(63-51)43-64(57,58)59)62-47(53)40-38-36-34-32-30-28-26-24-22-20-18-16-14-12-10-8-6-4-2/h14,16,20,22,44-45,48-51,54-56H,3-13,15,17-19,21,23-43H2,1-2H3,(H,57,58,59)/b16-14-,22-20-. The number of aliphatic hydroxyl groups excluding tert-OH is 3. The Morgan fingerprint density at radius 3 is 1.39 bits per heavy atom. The van der Waals surface area contributed by atoms with E-state index in [-0.39, 0.29) is 19.4 Å². The van der Waals surface area contributed by atoms with Crippen LogP contribution in [-0.2, 0) is 38.7 Å². The normalized spacial score (nSPS) is 19.8. The van der Waals surface area contributed by atoms with Crippen LogP contribution in [0.3, 0.4) is 0 Å². The van der Waals surface area contributed by atoms with Crippen LogP contribution < -0.4 is 0 Å². The monoisotopic (exact) mass is 931 g/mol. The number of rotatable bonds is 44. The van der Waals surface area contributed by atoms with E-state index in [0.717, 1.165) is 57.8 Å². The molecule has 0 amide bonds. The smallest absolute Gasteiger partial charge is 0.306 e. The molecule has 1 fully saturated rings. The second-order valence-electron chi connectivity index (χ2n) is 18.2. The largest absolute Gasteiger partial charge is 0.462 e. The van der Waals surface area contributed by atoms with Crippen molar-refractivity contribution in [2.75, 3.05) is 19.0 Å². The highest BCUT2D eigenvalue weighted by molar-refractivity contribution is 7.85. The van der Waals surface area contributed by atoms with E-state index in [1.54, 1.807) is 0 Å². The van der Waals surface area contributed by atoms with Gasteiger partial charge in [0.05, 0.1) is 6.61 Å². The molecule has 0 aromatic carbocycles. The number of allylic oxidation sites excluding steroid dienone is 4. The Morgan fingerprint density at radius 2 is 0.938 bits per heavy atom. The van der Waals surface area contributed by atoms with Crippen LogP contribution in [0.4, 0.5) is 0 Å². The first kappa shape index (κ1) is 60.1. The van der Waals surface area contributed by atoms with E-state index in [0.29, 0.717) is 12.8 Å². The SMILES string of the molecule is CCCCCC/C=C\C/C=C\CCCCCCCCCC(=O)OC(COC(=O)CCCCCCCCCCCCCCCCCCCC)COC1OC(CS(=O)(=O)O)C(O)C(O)C1O. The second-order valence-corrected chi connectivity index (χ2v) is 19.7. The number of hydrogen-bond donors (Lipinski definition) is 4. The Morgan fingerprint density at radius 1 is 0.531 bits per heavy atom. The van der Waals surface area contributed by atoms with Crippen LogP contribution in [0.2, 0.25) is 0 Å². The number of ether oxygens (including phenoxy) is 4. The van der Waals surface area contributed by atoms with Crippen molar-refractivity contribution < 1.29 is 56.8 Å². The first-order chi connectivity index (χ1) is 31.0. The Kier molecular flexibility index (Phi) is 38.8. The van der Waals surface area contributed by atoms with Crippen molar-refractivity contribution >= 4 is 22.1 Å². The number of carbonyl (C=O) groups excluding carboxylic acids is 2. The molecule has 1 aliphatic rings. The average Bonchev–Trinajstić information content (AvgIpc) is 3.26. The van der Waals surface area contributed by atoms with E-state index in [9.17, 15) is 37.9 Å². The summed E-state index contributed by atoms with van der Waals surface area (Å²) in [6.07, 6.45) is 37.8. The minimum atomic E-state index is -4.60. The fraction of sp³-hybridized carbons (Fsp3) is 0.882. The molecule has 0 aromatic rings. The molecule has 0 radical (unpaired) electrons. The summed E-state index contributed by atoms with van der Waals surface area (Å²) < 4.78 is 54.2. The molecule has 13 heteroatoms. The van der Waals surface area contributed by atoms with E-state index in [1.807, 2.05) is 0 Å². The molecule has 6 atom stereocenters. The molecule has 1 aliphatic heterocycles. The lowest BCUT2D eigenvalue weighted by atomic mass is 10.00. The lowest BCUT2D eigenvalue weighted by molar-refractivity contribution is -0.297. The average molecular weight is 931 g/mol. The van der Waals surface area contributed by atoms with E-state index < -0.39 is 71.2 Å². The van der Waals surface area contributed by atoms with Gasteiger partial charge >= 0.3 is 11.9 Å². The van der Waals surface area contributed by atoms with Crippen molar-refractivity contribution in [2.45, 2.75) is 269 Å². The van der Waals surface area contributed by atoms with Crippen molar-refractivity contribution in [3.05, 3.63) is 24.3 Å². The third kappa shape index (κ3) is 35.3. The number of unbranched alkanes of at least 4 members (excludes halogenated alkanes) is 28. The summed E-state index contributed by atoms with van der Waals surface area (Å²) in [6, 6.07) is 0. The molecule has 64 heavy (non-hydrogen) atoms. The van der Waals surface area contributed by atoms with Crippen LogP contribution in [0, 0.1) is 0 Å². The molecule has 0 saturated carbocycles. The topological polar surface area (TPSA) is 186 Å². The van der Waals surface area contributed by atoms with Gasteiger partial charge in [0.15, 0.2) is 12.4 Å². The van der Waals surface area contributed by atoms with Gasteiger partial charge in [-0.05, 0) is 44.9 Å². The lowest BCUT2D eigenvalue weighted by Gasteiger charge is -2.40. The van der Waals surface area contributed by atoms with Gasteiger partial charge in [0, 0.05) is 12.8 Å². The van der Waals surface area contributed by atoms with Crippen molar-refractivity contribution in [2.24, 2.45) is 0 Å². The summed E-state index contributed by atoms with van der Waals surface area (Å²) >= 11 is 0. The van der Waals surface area contributed by atoms with Crippen molar-refractivity contribution in [3.63, 3.8) is 0 Å². The number of hydrogen-bond acceptors (Lipinski definition) is 11. The van der Waals surface area contributed by atoms with Crippen LogP contribution in [0.1, 0.15) is 232 Å². The minimum absolute atomic E-state index is 0.158. The molecule has 0 aliphatic carbocycles. The van der Waals surface area contributed by atoms with Gasteiger partial charge in [0.2, 0.25) is 0 Å². The molecule has 6 unspecified atom stereocenters. The van der Waals surface area contributed by atoms with Crippen LogP contribution in [0.5, 0.6) is 0 Å². The molecule has 0 aromatic heterocycles. The molecule has 12 nitrogen and oxygen atoms in total. The van der Waals surface area contributed by atoms with Gasteiger partial charge < -0.3 is 34.3 Å². The zero-order chi connectivity index (χ0) is 46.9. The summed E-state index contributed by atoms with van der Waals surface area (Å²) in [7, 11) is -4.60. The van der Waals surface area contributed by atoms with E-state index in [4.69, 9.17) is 18.9 Å². The molecule has 1 heterocycles. The van der Waals surface area contributed by atoms with E-state index in [2.05, 4.69) is 38.2 Å². The Bertz CT molecular complexity index is 1270. The van der Waals surface area contributed by atoms with Gasteiger partial charge in [-0.15, -0.1) is 0 Å². The molecule has 4 N–H and O–H groups in total. The zero-order valence-electron chi connectivity index (χ0n) is 40.4. The highest BCUT2D eigenvalue weighted by Crippen LogP contribution is 2.24. The van der Waals surface area contributed by atoms with Crippen LogP contribution in [0.15, 0.2) is 24.3 Å². The molecule has 0 bridgehead atoms. The summed E-state index contributed by atoms with van der Waals surface area (Å²) in [4.78, 5) is 25.5. The molecule has 1 saturated heterocycles. The van der Waals surface area contributed by atoms with Crippen molar-refractivity contribution in [1.29, 1.82) is 0 Å². The summed E-state index contributed by atoms with van der Waals surface area (Å²) in [5.74, 6) is -1.98. The highest BCUT2D eigenvalue weighted by atomic mass is 32.2. The third-order valence-electron chi connectivity index (χ3n) is 12.0. The Balaban J connectivity index is 2.37. The quantitative estimate of drug-likeness (QED) is 0.0196. The van der Waals surface area contributed by atoms with Gasteiger partial charge in [0.1, 0.15) is 36.8 Å². The summed E-state index contributed by atoms with van der Waals surface area (Å²) in [5, 5.41) is 31.0. The van der Waals surface area contributed by atoms with Gasteiger partial charge in [-0.2, -0.15) is 8.42 Å². The predicted molar refractivity (Wildman–Crippen MR) is 256 cm³/mol. The zero-order valence-corrected chi connectivity index (χ0v) is 41.2. The molecular weight excluding hydrogens is 837 g/mol. The minimum Gasteiger partial charge on any atom is -0.462 e. The number of esters is 2. The maximum Gasteiger partial charge on any atom is 0.306 e. The molecule has 376 valence electrons. The van der Waals surface area contributed by atoms with Crippen LogP contribution >= 0.6 is 0 Å². The summed E-state index contributed by atoms with van der Waals surface area (Å²) in [6.45, 7) is 3.78.